The standard InChI is InChI=1S/C14H11BrN2O/c1-9-2-5-14(13(17)6-9)18-11-4-3-10(8-16)12(15)7-11/h2-7H,17H2,1H3. The van der Waals surface area contributed by atoms with Crippen LogP contribution < -0.4 is 10.5 Å². The van der Waals surface area contributed by atoms with Crippen LogP contribution in [0.3, 0.4) is 0 Å². The normalized spacial score (nSPS) is 9.83. The Hall–Kier alpha value is -1.99. The van der Waals surface area contributed by atoms with Gasteiger partial charge < -0.3 is 10.5 Å². The SMILES string of the molecule is Cc1ccc(Oc2ccc(C#N)c(Br)c2)c(N)c1. The van der Waals surface area contributed by atoms with Gasteiger partial charge in [-0.25, -0.2) is 0 Å². The summed E-state index contributed by atoms with van der Waals surface area (Å²) >= 11 is 3.32. The fraction of sp³-hybridized carbons (Fsp3) is 0.0714. The highest BCUT2D eigenvalue weighted by atomic mass is 79.9. The van der Waals surface area contributed by atoms with Crippen LogP contribution in [-0.4, -0.2) is 0 Å². The number of anilines is 1. The molecule has 2 N–H and O–H groups in total. The minimum absolute atomic E-state index is 0.569. The second-order valence-electron chi connectivity index (χ2n) is 3.90. The number of halogens is 1. The van der Waals surface area contributed by atoms with E-state index < -0.39 is 0 Å². The number of nitrogens with two attached hydrogens (primary N) is 1. The lowest BCUT2D eigenvalue weighted by molar-refractivity contribution is 0.484. The van der Waals surface area contributed by atoms with Crippen LogP contribution in [0.25, 0.3) is 0 Å². The van der Waals surface area contributed by atoms with Crippen molar-refractivity contribution in [2.24, 2.45) is 0 Å². The molecule has 0 aliphatic heterocycles. The Bertz CT molecular complexity index is 632. The van der Waals surface area contributed by atoms with E-state index in [0.717, 1.165) is 5.56 Å². The number of benzene rings is 2. The third-order valence-electron chi connectivity index (χ3n) is 2.45. The van der Waals surface area contributed by atoms with Crippen molar-refractivity contribution in [3.63, 3.8) is 0 Å². The Kier molecular flexibility index (Phi) is 3.54. The predicted octanol–water partition coefficient (Wildman–Crippen LogP) is 4.00. The first kappa shape index (κ1) is 12.5. The Labute approximate surface area is 114 Å². The van der Waals surface area contributed by atoms with E-state index in [1.54, 1.807) is 18.2 Å². The number of nitrogens with zero attached hydrogens (tertiary/aromatic N) is 1. The van der Waals surface area contributed by atoms with Crippen molar-refractivity contribution in [1.82, 2.24) is 0 Å². The molecule has 3 nitrogen and oxygen atoms in total. The van der Waals surface area contributed by atoms with E-state index >= 15 is 0 Å². The van der Waals surface area contributed by atoms with Gasteiger partial charge >= 0.3 is 0 Å². The molecule has 0 radical (unpaired) electrons. The van der Waals surface area contributed by atoms with Gasteiger partial charge in [0.1, 0.15) is 17.6 Å². The lowest BCUT2D eigenvalue weighted by Crippen LogP contribution is -1.93. The minimum atomic E-state index is 0.569. The van der Waals surface area contributed by atoms with Crippen molar-refractivity contribution in [3.05, 3.63) is 52.0 Å². The zero-order valence-corrected chi connectivity index (χ0v) is 11.4. The van der Waals surface area contributed by atoms with Crippen molar-refractivity contribution in [1.29, 1.82) is 5.26 Å². The zero-order chi connectivity index (χ0) is 13.1. The van der Waals surface area contributed by atoms with Crippen LogP contribution in [-0.2, 0) is 0 Å². The first-order valence-electron chi connectivity index (χ1n) is 5.34. The Balaban J connectivity index is 2.29. The summed E-state index contributed by atoms with van der Waals surface area (Å²) in [6, 6.07) is 12.9. The lowest BCUT2D eigenvalue weighted by Gasteiger charge is -2.09. The Morgan fingerprint density at radius 2 is 2.00 bits per heavy atom. The van der Waals surface area contributed by atoms with Gasteiger partial charge in [0.25, 0.3) is 0 Å². The summed E-state index contributed by atoms with van der Waals surface area (Å²) in [4.78, 5) is 0. The number of ether oxygens (including phenoxy) is 1. The second-order valence-corrected chi connectivity index (χ2v) is 4.75. The molecule has 2 aromatic rings. The van der Waals surface area contributed by atoms with Gasteiger partial charge in [0.2, 0.25) is 0 Å². The largest absolute Gasteiger partial charge is 0.455 e. The van der Waals surface area contributed by atoms with Crippen LogP contribution in [0.5, 0.6) is 11.5 Å². The molecular weight excluding hydrogens is 292 g/mol. The van der Waals surface area contributed by atoms with E-state index in [4.69, 9.17) is 15.7 Å². The fourth-order valence-electron chi connectivity index (χ4n) is 1.54. The molecule has 90 valence electrons. The van der Waals surface area contributed by atoms with Crippen molar-refractivity contribution >= 4 is 21.6 Å². The molecule has 0 saturated carbocycles. The highest BCUT2D eigenvalue weighted by Gasteiger charge is 2.05. The highest BCUT2D eigenvalue weighted by Crippen LogP contribution is 2.30. The van der Waals surface area contributed by atoms with Gasteiger partial charge in [-0.3, -0.25) is 0 Å². The Morgan fingerprint density at radius 1 is 1.22 bits per heavy atom. The molecule has 2 aromatic carbocycles. The third kappa shape index (κ3) is 2.63. The quantitative estimate of drug-likeness (QED) is 0.853. The van der Waals surface area contributed by atoms with E-state index in [2.05, 4.69) is 22.0 Å². The smallest absolute Gasteiger partial charge is 0.150 e. The summed E-state index contributed by atoms with van der Waals surface area (Å²) < 4.78 is 6.38. The number of hydrogen-bond acceptors (Lipinski definition) is 3. The maximum absolute atomic E-state index is 8.83. The van der Waals surface area contributed by atoms with E-state index in [9.17, 15) is 0 Å². The van der Waals surface area contributed by atoms with Gasteiger partial charge in [-0.05, 0) is 58.7 Å². The van der Waals surface area contributed by atoms with Gasteiger partial charge in [0, 0.05) is 4.47 Å². The first-order chi connectivity index (χ1) is 8.60. The number of hydrogen-bond donors (Lipinski definition) is 1. The average molecular weight is 303 g/mol. The number of rotatable bonds is 2. The second kappa shape index (κ2) is 5.11. The number of nitriles is 1. The molecular formula is C14H11BrN2O. The summed E-state index contributed by atoms with van der Waals surface area (Å²) in [5.74, 6) is 1.24. The van der Waals surface area contributed by atoms with Crippen LogP contribution in [0, 0.1) is 18.3 Å². The number of nitrogen functional groups attached to an aromatic ring is 1. The molecule has 0 bridgehead atoms. The molecule has 0 unspecified atom stereocenters. The topological polar surface area (TPSA) is 59.0 Å². The van der Waals surface area contributed by atoms with Crippen molar-refractivity contribution in [2.45, 2.75) is 6.92 Å². The summed E-state index contributed by atoms with van der Waals surface area (Å²) in [6.07, 6.45) is 0. The van der Waals surface area contributed by atoms with E-state index in [1.165, 1.54) is 0 Å². The van der Waals surface area contributed by atoms with E-state index in [0.29, 0.717) is 27.2 Å². The molecule has 0 aliphatic rings. The van der Waals surface area contributed by atoms with Crippen LogP contribution in [0.1, 0.15) is 11.1 Å². The van der Waals surface area contributed by atoms with E-state index in [1.807, 2.05) is 25.1 Å². The van der Waals surface area contributed by atoms with Crippen LogP contribution in [0.15, 0.2) is 40.9 Å². The summed E-state index contributed by atoms with van der Waals surface area (Å²) in [7, 11) is 0. The molecule has 4 heteroatoms. The maximum atomic E-state index is 8.83. The van der Waals surface area contributed by atoms with Crippen molar-refractivity contribution in [3.8, 4) is 17.6 Å². The van der Waals surface area contributed by atoms with Crippen LogP contribution in [0.2, 0.25) is 0 Å². The molecule has 0 aromatic heterocycles. The molecule has 0 amide bonds. The lowest BCUT2D eigenvalue weighted by atomic mass is 10.2. The average Bonchev–Trinajstić information content (AvgIpc) is 2.33. The van der Waals surface area contributed by atoms with Crippen molar-refractivity contribution < 1.29 is 4.74 Å². The third-order valence-corrected chi connectivity index (χ3v) is 3.11. The van der Waals surface area contributed by atoms with Gasteiger partial charge in [-0.2, -0.15) is 5.26 Å². The molecule has 0 aliphatic carbocycles. The molecule has 0 fully saturated rings. The van der Waals surface area contributed by atoms with Gasteiger partial charge in [-0.1, -0.05) is 6.07 Å². The summed E-state index contributed by atoms with van der Waals surface area (Å²) in [5, 5.41) is 8.83. The molecule has 0 spiro atoms. The molecule has 18 heavy (non-hydrogen) atoms. The molecule has 0 atom stereocenters. The van der Waals surface area contributed by atoms with Gasteiger partial charge in [0.05, 0.1) is 11.3 Å². The number of aryl methyl sites for hydroxylation is 1. The zero-order valence-electron chi connectivity index (χ0n) is 9.77. The van der Waals surface area contributed by atoms with Gasteiger partial charge in [-0.15, -0.1) is 0 Å². The Morgan fingerprint density at radius 3 is 2.61 bits per heavy atom. The maximum Gasteiger partial charge on any atom is 0.150 e. The minimum Gasteiger partial charge on any atom is -0.455 e. The van der Waals surface area contributed by atoms with Gasteiger partial charge in [0.15, 0.2) is 0 Å². The van der Waals surface area contributed by atoms with Crippen LogP contribution >= 0.6 is 15.9 Å². The first-order valence-corrected chi connectivity index (χ1v) is 6.13. The predicted molar refractivity (Wildman–Crippen MR) is 74.5 cm³/mol. The summed E-state index contributed by atoms with van der Waals surface area (Å²) in [5.41, 5.74) is 8.12. The molecule has 0 heterocycles. The highest BCUT2D eigenvalue weighted by molar-refractivity contribution is 9.10. The fourth-order valence-corrected chi connectivity index (χ4v) is 1.98. The molecule has 0 saturated heterocycles. The van der Waals surface area contributed by atoms with E-state index in [-0.39, 0.29) is 0 Å². The molecule has 2 rings (SSSR count). The van der Waals surface area contributed by atoms with Crippen LogP contribution in [0.4, 0.5) is 5.69 Å². The summed E-state index contributed by atoms with van der Waals surface area (Å²) in [6.45, 7) is 1.97. The monoisotopic (exact) mass is 302 g/mol. The van der Waals surface area contributed by atoms with Crippen molar-refractivity contribution in [2.75, 3.05) is 5.73 Å².